The van der Waals surface area contributed by atoms with Gasteiger partial charge in [-0.3, -0.25) is 0 Å². The normalized spacial score (nSPS) is 31.5. The summed E-state index contributed by atoms with van der Waals surface area (Å²) >= 11 is 0. The SMILES string of the molecule is OC[C@@H]1CC[C](O)C1. The molecule has 1 fully saturated rings. The Labute approximate surface area is 49.1 Å². The first kappa shape index (κ1) is 6.05. The molecule has 1 radical (unpaired) electrons. The third-order valence-corrected chi connectivity index (χ3v) is 1.62. The maximum absolute atomic E-state index is 8.84. The summed E-state index contributed by atoms with van der Waals surface area (Å²) in [6.07, 6.45) is 3.04. The van der Waals surface area contributed by atoms with Crippen LogP contribution in [0.4, 0.5) is 0 Å². The largest absolute Gasteiger partial charge is 0.396 e. The molecule has 0 heterocycles. The van der Waals surface area contributed by atoms with Crippen LogP contribution in [0.25, 0.3) is 0 Å². The zero-order valence-electron chi connectivity index (χ0n) is 4.80. The van der Waals surface area contributed by atoms with E-state index in [1.165, 1.54) is 0 Å². The lowest BCUT2D eigenvalue weighted by atomic mass is 10.1. The van der Waals surface area contributed by atoms with Crippen LogP contribution in [-0.2, 0) is 0 Å². The van der Waals surface area contributed by atoms with Crippen molar-refractivity contribution in [3.8, 4) is 0 Å². The molecule has 1 aliphatic carbocycles. The van der Waals surface area contributed by atoms with Crippen LogP contribution in [0.5, 0.6) is 0 Å². The van der Waals surface area contributed by atoms with Gasteiger partial charge in [0.2, 0.25) is 0 Å². The molecule has 8 heavy (non-hydrogen) atoms. The van der Waals surface area contributed by atoms with E-state index in [1.807, 2.05) is 0 Å². The van der Waals surface area contributed by atoms with Crippen molar-refractivity contribution in [1.82, 2.24) is 0 Å². The lowest BCUT2D eigenvalue weighted by Gasteiger charge is -2.00. The Morgan fingerprint density at radius 2 is 2.38 bits per heavy atom. The fraction of sp³-hybridized carbons (Fsp3) is 0.833. The molecule has 1 atom stereocenters. The van der Waals surface area contributed by atoms with E-state index in [4.69, 9.17) is 10.2 Å². The van der Waals surface area contributed by atoms with E-state index in [0.29, 0.717) is 12.0 Å². The fourth-order valence-electron chi connectivity index (χ4n) is 1.06. The number of aliphatic hydroxyl groups excluding tert-OH is 2. The number of hydrogen-bond donors (Lipinski definition) is 2. The van der Waals surface area contributed by atoms with Gasteiger partial charge in [-0.25, -0.2) is 0 Å². The van der Waals surface area contributed by atoms with Crippen LogP contribution in [0.1, 0.15) is 19.3 Å². The second-order valence-electron chi connectivity index (χ2n) is 2.36. The van der Waals surface area contributed by atoms with Crippen molar-refractivity contribution in [3.05, 3.63) is 6.10 Å². The number of aliphatic hydroxyl groups is 2. The van der Waals surface area contributed by atoms with Crippen molar-refractivity contribution in [2.24, 2.45) is 5.92 Å². The molecule has 47 valence electrons. The summed E-state index contributed by atoms with van der Waals surface area (Å²) in [5.74, 6) is 0.343. The average molecular weight is 115 g/mol. The molecule has 2 nitrogen and oxygen atoms in total. The lowest BCUT2D eigenvalue weighted by Crippen LogP contribution is -1.99. The molecule has 0 aromatic heterocycles. The monoisotopic (exact) mass is 115 g/mol. The molecule has 0 saturated heterocycles. The summed E-state index contributed by atoms with van der Waals surface area (Å²) in [6.45, 7) is 0.226. The molecule has 0 unspecified atom stereocenters. The first-order chi connectivity index (χ1) is 3.83. The minimum atomic E-state index is 0.226. The molecule has 0 aromatic rings. The second kappa shape index (κ2) is 2.46. The summed E-state index contributed by atoms with van der Waals surface area (Å²) in [7, 11) is 0. The Hall–Kier alpha value is -0.0800. The van der Waals surface area contributed by atoms with Gasteiger partial charge in [-0.05, 0) is 25.2 Å². The molecular formula is C6H11O2. The first-order valence-corrected chi connectivity index (χ1v) is 2.97. The van der Waals surface area contributed by atoms with Crippen molar-refractivity contribution < 1.29 is 10.2 Å². The quantitative estimate of drug-likeness (QED) is 0.527. The van der Waals surface area contributed by atoms with Crippen molar-refractivity contribution in [2.45, 2.75) is 19.3 Å². The van der Waals surface area contributed by atoms with E-state index in [-0.39, 0.29) is 6.61 Å². The van der Waals surface area contributed by atoms with Crippen LogP contribution < -0.4 is 0 Å². The van der Waals surface area contributed by atoms with E-state index in [1.54, 1.807) is 0 Å². The Morgan fingerprint density at radius 3 is 2.62 bits per heavy atom. The van der Waals surface area contributed by atoms with Gasteiger partial charge >= 0.3 is 0 Å². The first-order valence-electron chi connectivity index (χ1n) is 2.97. The molecule has 0 aromatic carbocycles. The van der Waals surface area contributed by atoms with Gasteiger partial charge in [-0.15, -0.1) is 0 Å². The number of hydrogen-bond acceptors (Lipinski definition) is 2. The average Bonchev–Trinajstić information content (AvgIpc) is 2.14. The molecule has 2 N–H and O–H groups in total. The summed E-state index contributed by atoms with van der Waals surface area (Å²) in [4.78, 5) is 0. The van der Waals surface area contributed by atoms with Crippen LogP contribution in [0.3, 0.4) is 0 Å². The topological polar surface area (TPSA) is 40.5 Å². The highest BCUT2D eigenvalue weighted by Crippen LogP contribution is 2.29. The Kier molecular flexibility index (Phi) is 1.86. The van der Waals surface area contributed by atoms with Crippen LogP contribution in [0.15, 0.2) is 0 Å². The van der Waals surface area contributed by atoms with E-state index in [0.717, 1.165) is 19.3 Å². The van der Waals surface area contributed by atoms with E-state index >= 15 is 0 Å². The van der Waals surface area contributed by atoms with Crippen LogP contribution >= 0.6 is 0 Å². The maximum atomic E-state index is 8.84. The van der Waals surface area contributed by atoms with Crippen LogP contribution in [-0.4, -0.2) is 16.8 Å². The third-order valence-electron chi connectivity index (χ3n) is 1.62. The van der Waals surface area contributed by atoms with Crippen molar-refractivity contribution >= 4 is 0 Å². The van der Waals surface area contributed by atoms with Crippen LogP contribution in [0, 0.1) is 12.0 Å². The predicted octanol–water partition coefficient (Wildman–Crippen LogP) is 0.683. The Balaban J connectivity index is 2.22. The molecular weight excluding hydrogens is 104 g/mol. The van der Waals surface area contributed by atoms with Crippen molar-refractivity contribution in [1.29, 1.82) is 0 Å². The van der Waals surface area contributed by atoms with Gasteiger partial charge in [-0.2, -0.15) is 0 Å². The molecule has 0 aliphatic heterocycles. The third kappa shape index (κ3) is 1.20. The van der Waals surface area contributed by atoms with Crippen molar-refractivity contribution in [3.63, 3.8) is 0 Å². The highest BCUT2D eigenvalue weighted by Gasteiger charge is 2.22. The summed E-state index contributed by atoms with van der Waals surface area (Å²) in [5, 5.41) is 17.4. The zero-order chi connectivity index (χ0) is 5.98. The minimum Gasteiger partial charge on any atom is -0.396 e. The minimum absolute atomic E-state index is 0.226. The summed E-state index contributed by atoms with van der Waals surface area (Å²) in [5.41, 5.74) is 0. The molecule has 2 heteroatoms. The molecule has 0 spiro atoms. The van der Waals surface area contributed by atoms with Crippen LogP contribution in [0.2, 0.25) is 0 Å². The van der Waals surface area contributed by atoms with Gasteiger partial charge in [0.1, 0.15) is 0 Å². The second-order valence-corrected chi connectivity index (χ2v) is 2.36. The molecule has 1 rings (SSSR count). The van der Waals surface area contributed by atoms with E-state index in [2.05, 4.69) is 0 Å². The summed E-state index contributed by atoms with van der Waals surface area (Å²) in [6, 6.07) is 0. The van der Waals surface area contributed by atoms with E-state index < -0.39 is 0 Å². The summed E-state index contributed by atoms with van der Waals surface area (Å²) < 4.78 is 0. The molecule has 0 amide bonds. The fourth-order valence-corrected chi connectivity index (χ4v) is 1.06. The molecule has 0 bridgehead atoms. The van der Waals surface area contributed by atoms with Gasteiger partial charge in [0, 0.05) is 6.61 Å². The van der Waals surface area contributed by atoms with Gasteiger partial charge in [0.05, 0.1) is 6.10 Å². The molecule has 1 saturated carbocycles. The van der Waals surface area contributed by atoms with Gasteiger partial charge < -0.3 is 10.2 Å². The standard InChI is InChI=1S/C6H11O2/c7-4-5-1-2-6(8)3-5/h5,7-8H,1-4H2/t5-/m1/s1. The number of rotatable bonds is 1. The maximum Gasteiger partial charge on any atom is 0.0937 e. The highest BCUT2D eigenvalue weighted by molar-refractivity contribution is 4.87. The zero-order valence-corrected chi connectivity index (χ0v) is 4.80. The Bertz CT molecular complexity index is 72.9. The van der Waals surface area contributed by atoms with E-state index in [9.17, 15) is 0 Å². The van der Waals surface area contributed by atoms with Gasteiger partial charge in [0.15, 0.2) is 0 Å². The highest BCUT2D eigenvalue weighted by atomic mass is 16.3. The van der Waals surface area contributed by atoms with Crippen molar-refractivity contribution in [2.75, 3.05) is 6.61 Å². The predicted molar refractivity (Wildman–Crippen MR) is 29.6 cm³/mol. The van der Waals surface area contributed by atoms with Gasteiger partial charge in [0.25, 0.3) is 0 Å². The smallest absolute Gasteiger partial charge is 0.0937 e. The lowest BCUT2D eigenvalue weighted by molar-refractivity contribution is 0.219. The Morgan fingerprint density at radius 1 is 1.62 bits per heavy atom. The molecule has 1 aliphatic rings. The van der Waals surface area contributed by atoms with Gasteiger partial charge in [-0.1, -0.05) is 0 Å².